The molecule has 0 heterocycles. The molecule has 0 fully saturated rings. The Kier molecular flexibility index (Phi) is 9.31. The van der Waals surface area contributed by atoms with E-state index < -0.39 is 0 Å². The largest absolute Gasteiger partial charge is 0.383 e. The molecule has 0 saturated heterocycles. The summed E-state index contributed by atoms with van der Waals surface area (Å²) >= 11 is 0. The molecule has 21 heavy (non-hydrogen) atoms. The molecule has 3 nitrogen and oxygen atoms in total. The Labute approximate surface area is 130 Å². The summed E-state index contributed by atoms with van der Waals surface area (Å²) in [5.41, 5.74) is 2.91. The molecule has 120 valence electrons. The number of nitrogens with zero attached hydrogens (tertiary/aromatic N) is 1. The molecule has 1 N–H and O–H groups in total. The summed E-state index contributed by atoms with van der Waals surface area (Å²) in [4.78, 5) is 2.57. The van der Waals surface area contributed by atoms with Gasteiger partial charge in [-0.25, -0.2) is 0 Å². The summed E-state index contributed by atoms with van der Waals surface area (Å²) in [6.07, 6.45) is 3.48. The van der Waals surface area contributed by atoms with E-state index in [1.807, 2.05) is 7.05 Å². The average molecular weight is 292 g/mol. The quantitative estimate of drug-likeness (QED) is 0.678. The highest BCUT2D eigenvalue weighted by atomic mass is 16.5. The van der Waals surface area contributed by atoms with Crippen LogP contribution in [0.1, 0.15) is 37.8 Å². The SMILES string of the molecule is CCC(CC)N(CCOC)Cc1ccccc1CCNC. The number of rotatable bonds is 11. The van der Waals surface area contributed by atoms with E-state index in [0.29, 0.717) is 6.04 Å². The van der Waals surface area contributed by atoms with Gasteiger partial charge in [0.25, 0.3) is 0 Å². The first-order chi connectivity index (χ1) is 10.3. The van der Waals surface area contributed by atoms with Crippen LogP contribution in [0.2, 0.25) is 0 Å². The number of hydrogen-bond donors (Lipinski definition) is 1. The van der Waals surface area contributed by atoms with E-state index in [-0.39, 0.29) is 0 Å². The molecule has 0 atom stereocenters. The number of hydrogen-bond acceptors (Lipinski definition) is 3. The van der Waals surface area contributed by atoms with Crippen molar-refractivity contribution in [2.75, 3.05) is 33.9 Å². The van der Waals surface area contributed by atoms with Crippen LogP contribution in [0.5, 0.6) is 0 Å². The molecule has 3 heteroatoms. The third-order valence-corrected chi connectivity index (χ3v) is 4.18. The zero-order valence-electron chi connectivity index (χ0n) is 14.2. The maximum Gasteiger partial charge on any atom is 0.0589 e. The van der Waals surface area contributed by atoms with Gasteiger partial charge in [-0.15, -0.1) is 0 Å². The minimum atomic E-state index is 0.637. The second-order valence-electron chi connectivity index (χ2n) is 5.56. The summed E-state index contributed by atoms with van der Waals surface area (Å²) in [6.45, 7) is 8.41. The smallest absolute Gasteiger partial charge is 0.0589 e. The van der Waals surface area contributed by atoms with E-state index in [2.05, 4.69) is 48.3 Å². The Morgan fingerprint density at radius 3 is 2.38 bits per heavy atom. The Bertz CT molecular complexity index is 377. The molecule has 0 aliphatic carbocycles. The fourth-order valence-electron chi connectivity index (χ4n) is 2.84. The number of likely N-dealkylation sites (N-methyl/N-ethyl adjacent to an activating group) is 1. The van der Waals surface area contributed by atoms with Crippen molar-refractivity contribution in [3.05, 3.63) is 35.4 Å². The third kappa shape index (κ3) is 6.16. The van der Waals surface area contributed by atoms with Gasteiger partial charge in [0.15, 0.2) is 0 Å². The second-order valence-corrected chi connectivity index (χ2v) is 5.56. The van der Waals surface area contributed by atoms with Crippen molar-refractivity contribution in [3.8, 4) is 0 Å². The number of methoxy groups -OCH3 is 1. The van der Waals surface area contributed by atoms with Crippen LogP contribution in [-0.4, -0.2) is 44.8 Å². The molecule has 0 aliphatic heterocycles. The lowest BCUT2D eigenvalue weighted by atomic mass is 10.0. The molecular weight excluding hydrogens is 260 g/mol. The molecule has 0 saturated carbocycles. The predicted octanol–water partition coefficient (Wildman–Crippen LogP) is 3.09. The van der Waals surface area contributed by atoms with Crippen LogP contribution in [0.4, 0.5) is 0 Å². The first-order valence-electron chi connectivity index (χ1n) is 8.21. The van der Waals surface area contributed by atoms with Gasteiger partial charge in [0.1, 0.15) is 0 Å². The summed E-state index contributed by atoms with van der Waals surface area (Å²) in [5.74, 6) is 0. The Balaban J connectivity index is 2.81. The first kappa shape index (κ1) is 18.1. The summed E-state index contributed by atoms with van der Waals surface area (Å²) in [6, 6.07) is 9.46. The van der Waals surface area contributed by atoms with Gasteiger partial charge in [-0.05, 0) is 44.0 Å². The van der Waals surface area contributed by atoms with E-state index in [1.54, 1.807) is 7.11 Å². The summed E-state index contributed by atoms with van der Waals surface area (Å²) in [7, 11) is 3.80. The average Bonchev–Trinajstić information content (AvgIpc) is 2.52. The third-order valence-electron chi connectivity index (χ3n) is 4.18. The molecular formula is C18H32N2O. The number of nitrogens with one attached hydrogen (secondary N) is 1. The van der Waals surface area contributed by atoms with Crippen molar-refractivity contribution in [1.29, 1.82) is 0 Å². The Morgan fingerprint density at radius 2 is 1.81 bits per heavy atom. The van der Waals surface area contributed by atoms with E-state index >= 15 is 0 Å². The van der Waals surface area contributed by atoms with Crippen LogP contribution in [-0.2, 0) is 17.7 Å². The second kappa shape index (κ2) is 10.8. The van der Waals surface area contributed by atoms with Crippen LogP contribution in [0.25, 0.3) is 0 Å². The lowest BCUT2D eigenvalue weighted by molar-refractivity contribution is 0.110. The van der Waals surface area contributed by atoms with Crippen LogP contribution < -0.4 is 5.32 Å². The molecule has 0 bridgehead atoms. The van der Waals surface area contributed by atoms with Crippen LogP contribution >= 0.6 is 0 Å². The lowest BCUT2D eigenvalue weighted by Gasteiger charge is -2.31. The fraction of sp³-hybridized carbons (Fsp3) is 0.667. The highest BCUT2D eigenvalue weighted by molar-refractivity contribution is 5.27. The fourth-order valence-corrected chi connectivity index (χ4v) is 2.84. The van der Waals surface area contributed by atoms with Gasteiger partial charge < -0.3 is 10.1 Å². The van der Waals surface area contributed by atoms with Crippen LogP contribution in [0.3, 0.4) is 0 Å². The van der Waals surface area contributed by atoms with E-state index in [4.69, 9.17) is 4.74 Å². The normalized spacial score (nSPS) is 11.5. The van der Waals surface area contributed by atoms with Gasteiger partial charge in [-0.1, -0.05) is 38.1 Å². The van der Waals surface area contributed by atoms with Crippen LogP contribution in [0, 0.1) is 0 Å². The van der Waals surface area contributed by atoms with E-state index in [1.165, 1.54) is 24.0 Å². The van der Waals surface area contributed by atoms with Crippen molar-refractivity contribution in [2.24, 2.45) is 0 Å². The molecule has 1 aromatic rings. The molecule has 0 spiro atoms. The standard InChI is InChI=1S/C18H32N2O/c1-5-18(6-2)20(13-14-21-4)15-17-10-8-7-9-16(17)11-12-19-3/h7-10,18-19H,5-6,11-15H2,1-4H3. The van der Waals surface area contributed by atoms with Crippen molar-refractivity contribution in [2.45, 2.75) is 45.7 Å². The zero-order valence-corrected chi connectivity index (χ0v) is 14.2. The molecule has 0 unspecified atom stereocenters. The highest BCUT2D eigenvalue weighted by Gasteiger charge is 2.16. The van der Waals surface area contributed by atoms with Gasteiger partial charge in [0, 0.05) is 26.2 Å². The number of benzene rings is 1. The van der Waals surface area contributed by atoms with Gasteiger partial charge in [-0.2, -0.15) is 0 Å². The topological polar surface area (TPSA) is 24.5 Å². The van der Waals surface area contributed by atoms with Gasteiger partial charge in [0.05, 0.1) is 6.61 Å². The highest BCUT2D eigenvalue weighted by Crippen LogP contribution is 2.17. The molecule has 1 rings (SSSR count). The molecule has 1 aromatic carbocycles. The van der Waals surface area contributed by atoms with Gasteiger partial charge in [-0.3, -0.25) is 4.90 Å². The molecule has 0 aliphatic rings. The van der Waals surface area contributed by atoms with Gasteiger partial charge in [0.2, 0.25) is 0 Å². The van der Waals surface area contributed by atoms with Crippen LogP contribution in [0.15, 0.2) is 24.3 Å². The first-order valence-corrected chi connectivity index (χ1v) is 8.21. The minimum Gasteiger partial charge on any atom is -0.383 e. The lowest BCUT2D eigenvalue weighted by Crippen LogP contribution is -2.36. The Morgan fingerprint density at radius 1 is 1.14 bits per heavy atom. The Hall–Kier alpha value is -0.900. The molecule has 0 radical (unpaired) electrons. The van der Waals surface area contributed by atoms with E-state index in [0.717, 1.165) is 32.7 Å². The monoisotopic (exact) mass is 292 g/mol. The van der Waals surface area contributed by atoms with Gasteiger partial charge >= 0.3 is 0 Å². The van der Waals surface area contributed by atoms with E-state index in [9.17, 15) is 0 Å². The van der Waals surface area contributed by atoms with Crippen molar-refractivity contribution >= 4 is 0 Å². The van der Waals surface area contributed by atoms with Crippen molar-refractivity contribution in [3.63, 3.8) is 0 Å². The summed E-state index contributed by atoms with van der Waals surface area (Å²) in [5, 5.41) is 3.24. The van der Waals surface area contributed by atoms with Crippen molar-refractivity contribution < 1.29 is 4.74 Å². The predicted molar refractivity (Wildman–Crippen MR) is 90.7 cm³/mol. The number of ether oxygens (including phenoxy) is 1. The zero-order chi connectivity index (χ0) is 15.5. The molecule has 0 aromatic heterocycles. The molecule has 0 amide bonds. The maximum atomic E-state index is 5.29. The van der Waals surface area contributed by atoms with Crippen molar-refractivity contribution in [1.82, 2.24) is 10.2 Å². The minimum absolute atomic E-state index is 0.637. The summed E-state index contributed by atoms with van der Waals surface area (Å²) < 4.78 is 5.29. The maximum absolute atomic E-state index is 5.29.